The van der Waals surface area contributed by atoms with Crippen LogP contribution in [0.25, 0.3) is 0 Å². The van der Waals surface area contributed by atoms with Gasteiger partial charge in [-0.2, -0.15) is 10.2 Å². The monoisotopic (exact) mass is 402 g/mol. The number of nitrogens with one attached hydrogen (secondary N) is 1. The summed E-state index contributed by atoms with van der Waals surface area (Å²) < 4.78 is 3.75. The van der Waals surface area contributed by atoms with Crippen molar-refractivity contribution in [2.45, 2.75) is 26.9 Å². The molecule has 1 N–H and O–H groups in total. The minimum Gasteiger partial charge on any atom is -0.346 e. The van der Waals surface area contributed by atoms with Gasteiger partial charge < -0.3 is 10.2 Å². The summed E-state index contributed by atoms with van der Waals surface area (Å²) in [5, 5.41) is 13.4. The Morgan fingerprint density at radius 1 is 1.26 bits per heavy atom. The fraction of sp³-hybridized carbons (Fsp3) is 0.316. The van der Waals surface area contributed by atoms with E-state index in [1.807, 2.05) is 55.7 Å². The van der Waals surface area contributed by atoms with Gasteiger partial charge in [0.1, 0.15) is 0 Å². The van der Waals surface area contributed by atoms with Crippen molar-refractivity contribution in [2.75, 3.05) is 12.4 Å². The molecule has 0 aliphatic rings. The van der Waals surface area contributed by atoms with Crippen LogP contribution in [0.3, 0.4) is 0 Å². The van der Waals surface area contributed by atoms with E-state index >= 15 is 0 Å². The molecule has 2 aromatic heterocycles. The summed E-state index contributed by atoms with van der Waals surface area (Å²) in [7, 11) is 3.80. The molecular weight excluding hydrogens is 380 g/mol. The van der Waals surface area contributed by atoms with Gasteiger partial charge in [0.25, 0.3) is 0 Å². The van der Waals surface area contributed by atoms with Gasteiger partial charge in [-0.3, -0.25) is 9.36 Å². The van der Waals surface area contributed by atoms with E-state index in [2.05, 4.69) is 27.6 Å². The van der Waals surface area contributed by atoms with Crippen molar-refractivity contribution in [2.24, 2.45) is 7.05 Å². The van der Waals surface area contributed by atoms with Crippen molar-refractivity contribution >= 4 is 34.6 Å². The third kappa shape index (κ3) is 4.31. The minimum absolute atomic E-state index is 0.567. The summed E-state index contributed by atoms with van der Waals surface area (Å²) in [5.74, 6) is 0. The van der Waals surface area contributed by atoms with Gasteiger partial charge in [0, 0.05) is 14.1 Å². The van der Waals surface area contributed by atoms with Crippen LogP contribution in [-0.4, -0.2) is 36.6 Å². The summed E-state index contributed by atoms with van der Waals surface area (Å²) >= 11 is 11.8. The molecule has 8 heteroatoms. The Morgan fingerprint density at radius 3 is 2.59 bits per heavy atom. The smallest absolute Gasteiger partial charge is 0.173 e. The van der Waals surface area contributed by atoms with Crippen molar-refractivity contribution in [3.63, 3.8) is 0 Å². The molecule has 0 spiro atoms. The predicted molar refractivity (Wildman–Crippen MR) is 113 cm³/mol. The first-order valence-electron chi connectivity index (χ1n) is 8.63. The lowest BCUT2D eigenvalue weighted by Crippen LogP contribution is -2.31. The van der Waals surface area contributed by atoms with Crippen molar-refractivity contribution in [3.8, 4) is 0 Å². The lowest BCUT2D eigenvalue weighted by Gasteiger charge is -2.21. The third-order valence-corrected chi connectivity index (χ3v) is 5.26. The number of hydrogen-bond donors (Lipinski definition) is 1. The van der Waals surface area contributed by atoms with E-state index in [1.54, 1.807) is 10.9 Å². The first-order valence-corrected chi connectivity index (χ1v) is 9.42. The molecule has 0 aliphatic carbocycles. The molecule has 0 radical (unpaired) electrons. The van der Waals surface area contributed by atoms with Crippen LogP contribution in [0.5, 0.6) is 0 Å². The maximum atomic E-state index is 6.20. The number of nitrogens with zero attached hydrogens (tertiary/aromatic N) is 5. The molecule has 0 atom stereocenters. The van der Waals surface area contributed by atoms with Crippen molar-refractivity contribution < 1.29 is 0 Å². The molecule has 0 amide bonds. The van der Waals surface area contributed by atoms with Crippen LogP contribution in [0.15, 0.2) is 36.5 Å². The van der Waals surface area contributed by atoms with E-state index in [1.165, 1.54) is 5.56 Å². The SMILES string of the molecule is Cc1nn(Cc2ccccc2)c(C)c1NC(=S)N(C)Cc1c(Cl)cnn1C. The molecular formula is C19H23ClN6S. The standard InChI is InChI=1S/C19H23ClN6S/c1-13-18(14(2)26(23-13)11-15-8-6-5-7-9-15)22-19(27)24(3)12-17-16(20)10-21-25(17)4/h5-10H,11-12H2,1-4H3,(H,22,27). The highest BCUT2D eigenvalue weighted by molar-refractivity contribution is 7.80. The molecule has 3 rings (SSSR count). The van der Waals surface area contributed by atoms with E-state index in [0.29, 0.717) is 16.7 Å². The number of halogens is 1. The molecule has 27 heavy (non-hydrogen) atoms. The number of hydrogen-bond acceptors (Lipinski definition) is 3. The van der Waals surface area contributed by atoms with Crippen LogP contribution in [0.4, 0.5) is 5.69 Å². The highest BCUT2D eigenvalue weighted by Crippen LogP contribution is 2.22. The molecule has 3 aromatic rings. The number of aromatic nitrogens is 4. The Kier molecular flexibility index (Phi) is 5.82. The summed E-state index contributed by atoms with van der Waals surface area (Å²) in [6, 6.07) is 10.3. The van der Waals surface area contributed by atoms with Crippen LogP contribution in [0, 0.1) is 13.8 Å². The van der Waals surface area contributed by atoms with E-state index in [9.17, 15) is 0 Å². The van der Waals surface area contributed by atoms with Gasteiger partial charge in [-0.1, -0.05) is 41.9 Å². The predicted octanol–water partition coefficient (Wildman–Crippen LogP) is 3.76. The Hall–Kier alpha value is -2.38. The highest BCUT2D eigenvalue weighted by Gasteiger charge is 2.16. The Labute approximate surface area is 169 Å². The second kappa shape index (κ2) is 8.10. The van der Waals surface area contributed by atoms with Gasteiger partial charge in [0.2, 0.25) is 0 Å². The molecule has 0 fully saturated rings. The van der Waals surface area contributed by atoms with Crippen LogP contribution < -0.4 is 5.32 Å². The molecule has 6 nitrogen and oxygen atoms in total. The quantitative estimate of drug-likeness (QED) is 0.658. The van der Waals surface area contributed by atoms with Crippen LogP contribution >= 0.6 is 23.8 Å². The number of anilines is 1. The van der Waals surface area contributed by atoms with Gasteiger partial charge >= 0.3 is 0 Å². The Balaban J connectivity index is 1.72. The van der Waals surface area contributed by atoms with Crippen LogP contribution in [0.1, 0.15) is 22.6 Å². The van der Waals surface area contributed by atoms with E-state index in [-0.39, 0.29) is 0 Å². The number of rotatable bonds is 5. The average Bonchev–Trinajstić information content (AvgIpc) is 3.10. The topological polar surface area (TPSA) is 50.9 Å². The van der Waals surface area contributed by atoms with Gasteiger partial charge in [-0.15, -0.1) is 0 Å². The molecule has 0 saturated carbocycles. The summed E-state index contributed by atoms with van der Waals surface area (Å²) in [6.07, 6.45) is 1.64. The fourth-order valence-corrected chi connectivity index (χ4v) is 3.29. The normalized spacial score (nSPS) is 10.9. The number of aryl methyl sites for hydroxylation is 2. The highest BCUT2D eigenvalue weighted by atomic mass is 35.5. The van der Waals surface area contributed by atoms with Crippen molar-refractivity contribution in [3.05, 3.63) is 64.2 Å². The number of benzene rings is 1. The Morgan fingerprint density at radius 2 is 1.96 bits per heavy atom. The first-order chi connectivity index (χ1) is 12.9. The summed E-state index contributed by atoms with van der Waals surface area (Å²) in [4.78, 5) is 1.94. The molecule has 0 bridgehead atoms. The summed E-state index contributed by atoms with van der Waals surface area (Å²) in [6.45, 7) is 5.32. The van der Waals surface area contributed by atoms with E-state index in [4.69, 9.17) is 23.8 Å². The second-order valence-electron chi connectivity index (χ2n) is 6.54. The van der Waals surface area contributed by atoms with Gasteiger partial charge in [0.05, 0.1) is 47.1 Å². The molecule has 2 heterocycles. The number of thiocarbonyl (C=S) groups is 1. The maximum Gasteiger partial charge on any atom is 0.173 e. The lowest BCUT2D eigenvalue weighted by molar-refractivity contribution is 0.482. The largest absolute Gasteiger partial charge is 0.346 e. The maximum absolute atomic E-state index is 6.20. The van der Waals surface area contributed by atoms with E-state index in [0.717, 1.165) is 29.3 Å². The van der Waals surface area contributed by atoms with E-state index < -0.39 is 0 Å². The van der Waals surface area contributed by atoms with Gasteiger partial charge in [-0.25, -0.2) is 0 Å². The lowest BCUT2D eigenvalue weighted by atomic mass is 10.2. The fourth-order valence-electron chi connectivity index (χ4n) is 2.90. The minimum atomic E-state index is 0.567. The molecule has 0 unspecified atom stereocenters. The molecule has 1 aromatic carbocycles. The molecule has 142 valence electrons. The summed E-state index contributed by atoms with van der Waals surface area (Å²) in [5.41, 5.74) is 5.03. The molecule has 0 aliphatic heterocycles. The van der Waals surface area contributed by atoms with Gasteiger partial charge in [0.15, 0.2) is 5.11 Å². The average molecular weight is 403 g/mol. The molecule has 0 saturated heterocycles. The zero-order valence-corrected chi connectivity index (χ0v) is 17.5. The Bertz CT molecular complexity index is 927. The van der Waals surface area contributed by atoms with Crippen molar-refractivity contribution in [1.29, 1.82) is 0 Å². The zero-order valence-electron chi connectivity index (χ0n) is 15.9. The van der Waals surface area contributed by atoms with Crippen molar-refractivity contribution in [1.82, 2.24) is 24.5 Å². The zero-order chi connectivity index (χ0) is 19.6. The third-order valence-electron chi connectivity index (χ3n) is 4.53. The van der Waals surface area contributed by atoms with Crippen LogP contribution in [-0.2, 0) is 20.1 Å². The van der Waals surface area contributed by atoms with Gasteiger partial charge in [-0.05, 0) is 31.6 Å². The van der Waals surface area contributed by atoms with Crippen LogP contribution in [0.2, 0.25) is 5.02 Å². The first kappa shape index (κ1) is 19.4. The second-order valence-corrected chi connectivity index (χ2v) is 7.33.